The maximum atomic E-state index is 14.2. The Balaban J connectivity index is 1.18. The highest BCUT2D eigenvalue weighted by molar-refractivity contribution is 5.94. The molecule has 0 aliphatic carbocycles. The lowest BCUT2D eigenvalue weighted by atomic mass is 9.82. The van der Waals surface area contributed by atoms with Crippen molar-refractivity contribution in [3.8, 4) is 0 Å². The third kappa shape index (κ3) is 5.89. The van der Waals surface area contributed by atoms with Crippen LogP contribution in [-0.4, -0.2) is 28.9 Å². The number of piperidine rings is 1. The number of hydrogen-bond donors (Lipinski definition) is 2. The third-order valence-corrected chi connectivity index (χ3v) is 7.92. The molecule has 4 atom stereocenters. The van der Waals surface area contributed by atoms with E-state index in [0.29, 0.717) is 30.3 Å². The van der Waals surface area contributed by atoms with Crippen molar-refractivity contribution in [3.05, 3.63) is 106 Å². The van der Waals surface area contributed by atoms with Crippen molar-refractivity contribution >= 4 is 5.91 Å². The Bertz CT molecular complexity index is 1240. The summed E-state index contributed by atoms with van der Waals surface area (Å²) in [4.78, 5) is 14.9. The number of hydrogen-bond acceptors (Lipinski definition) is 3. The molecule has 4 nitrogen and oxygen atoms in total. The average molecular weight is 508 g/mol. The van der Waals surface area contributed by atoms with Gasteiger partial charge in [-0.25, -0.2) is 13.2 Å². The molecule has 3 N–H and O–H groups in total. The molecule has 3 aromatic carbocycles. The Morgan fingerprint density at radius 2 is 1.57 bits per heavy atom. The summed E-state index contributed by atoms with van der Waals surface area (Å²) in [5, 5.41) is 2.99. The van der Waals surface area contributed by atoms with Crippen LogP contribution < -0.4 is 11.1 Å². The van der Waals surface area contributed by atoms with Crippen molar-refractivity contribution in [1.29, 1.82) is 0 Å². The molecule has 7 heteroatoms. The molecule has 2 bridgehead atoms. The zero-order chi connectivity index (χ0) is 25.9. The SMILES string of the molecule is N[C@H](Cc1cc(F)c(F)cc1F)[C@@H]1C[C@H]2CC[C@@H](C1)N2Cc1cccc(CNC(=O)c2ccccc2)c1. The minimum Gasteiger partial charge on any atom is -0.348 e. The van der Waals surface area contributed by atoms with Gasteiger partial charge in [0.1, 0.15) is 5.82 Å². The van der Waals surface area contributed by atoms with Gasteiger partial charge in [-0.1, -0.05) is 42.5 Å². The zero-order valence-electron chi connectivity index (χ0n) is 20.7. The maximum Gasteiger partial charge on any atom is 0.251 e. The van der Waals surface area contributed by atoms with Gasteiger partial charge in [0.2, 0.25) is 0 Å². The molecule has 0 radical (unpaired) electrons. The van der Waals surface area contributed by atoms with Crippen LogP contribution in [0.2, 0.25) is 0 Å². The summed E-state index contributed by atoms with van der Waals surface area (Å²) in [6, 6.07) is 19.5. The van der Waals surface area contributed by atoms with Gasteiger partial charge in [-0.15, -0.1) is 0 Å². The number of carbonyl (C=O) groups is 1. The summed E-state index contributed by atoms with van der Waals surface area (Å²) >= 11 is 0. The molecule has 194 valence electrons. The maximum absolute atomic E-state index is 14.2. The Labute approximate surface area is 215 Å². The topological polar surface area (TPSA) is 58.4 Å². The molecule has 2 aliphatic rings. The summed E-state index contributed by atoms with van der Waals surface area (Å²) in [7, 11) is 0. The molecule has 2 saturated heterocycles. The van der Waals surface area contributed by atoms with Crippen molar-refractivity contribution in [1.82, 2.24) is 10.2 Å². The van der Waals surface area contributed by atoms with Crippen molar-refractivity contribution in [3.63, 3.8) is 0 Å². The van der Waals surface area contributed by atoms with Crippen LogP contribution in [0.4, 0.5) is 13.2 Å². The van der Waals surface area contributed by atoms with Crippen LogP contribution in [0.1, 0.15) is 52.7 Å². The molecular weight excluding hydrogens is 475 g/mol. The summed E-state index contributed by atoms with van der Waals surface area (Å²) in [6.45, 7) is 1.29. The third-order valence-electron chi connectivity index (χ3n) is 7.92. The lowest BCUT2D eigenvalue weighted by Crippen LogP contribution is -2.47. The molecule has 0 spiro atoms. The smallest absolute Gasteiger partial charge is 0.251 e. The fourth-order valence-electron chi connectivity index (χ4n) is 5.99. The van der Waals surface area contributed by atoms with Crippen LogP contribution in [0.5, 0.6) is 0 Å². The molecule has 0 saturated carbocycles. The largest absolute Gasteiger partial charge is 0.348 e. The highest BCUT2D eigenvalue weighted by atomic mass is 19.2. The van der Waals surface area contributed by atoms with Crippen molar-refractivity contribution in [2.75, 3.05) is 0 Å². The van der Waals surface area contributed by atoms with Gasteiger partial charge in [0.05, 0.1) is 0 Å². The van der Waals surface area contributed by atoms with Crippen molar-refractivity contribution in [2.24, 2.45) is 11.7 Å². The minimum absolute atomic E-state index is 0.0919. The van der Waals surface area contributed by atoms with E-state index in [1.165, 1.54) is 5.56 Å². The van der Waals surface area contributed by atoms with Crippen LogP contribution in [0, 0.1) is 23.4 Å². The fourth-order valence-corrected chi connectivity index (χ4v) is 5.99. The number of amides is 1. The van der Waals surface area contributed by atoms with Crippen LogP contribution in [0.3, 0.4) is 0 Å². The van der Waals surface area contributed by atoms with Crippen molar-refractivity contribution in [2.45, 2.75) is 63.3 Å². The summed E-state index contributed by atoms with van der Waals surface area (Å²) in [6.07, 6.45) is 4.22. The lowest BCUT2D eigenvalue weighted by Gasteiger charge is -2.41. The van der Waals surface area contributed by atoms with Crippen LogP contribution in [0.25, 0.3) is 0 Å². The monoisotopic (exact) mass is 507 g/mol. The molecule has 5 rings (SSSR count). The van der Waals surface area contributed by atoms with Crippen molar-refractivity contribution < 1.29 is 18.0 Å². The number of nitrogens with one attached hydrogen (secondary N) is 1. The van der Waals surface area contributed by atoms with E-state index in [1.807, 2.05) is 30.3 Å². The van der Waals surface area contributed by atoms with E-state index < -0.39 is 17.5 Å². The summed E-state index contributed by atoms with van der Waals surface area (Å²) in [5.74, 6) is -2.84. The van der Waals surface area contributed by atoms with Gasteiger partial charge in [0.15, 0.2) is 11.6 Å². The van der Waals surface area contributed by atoms with E-state index in [2.05, 4.69) is 22.3 Å². The molecule has 2 fully saturated rings. The molecule has 2 heterocycles. The number of fused-ring (bicyclic) bond motifs is 2. The first-order chi connectivity index (χ1) is 17.9. The van der Waals surface area contributed by atoms with Gasteiger partial charge in [-0.3, -0.25) is 9.69 Å². The predicted molar refractivity (Wildman–Crippen MR) is 137 cm³/mol. The van der Waals surface area contributed by atoms with Gasteiger partial charge in [0.25, 0.3) is 5.91 Å². The number of nitrogens with zero attached hydrogens (tertiary/aromatic N) is 1. The molecule has 37 heavy (non-hydrogen) atoms. The van der Waals surface area contributed by atoms with Crippen LogP contribution in [0.15, 0.2) is 66.7 Å². The normalized spacial score (nSPS) is 22.1. The quantitative estimate of drug-likeness (QED) is 0.405. The second kappa shape index (κ2) is 11.1. The number of carbonyl (C=O) groups excluding carboxylic acids is 1. The standard InChI is InChI=1S/C30H32F3N3O/c31-26-16-28(33)27(32)14-22(26)15-29(34)23-12-24-9-10-25(13-23)36(24)18-20-6-4-5-19(11-20)17-35-30(37)21-7-2-1-3-8-21/h1-8,11,14,16,23-25,29H,9-10,12-13,15,17-18,34H2,(H,35,37)/t23-,24-,25+,29-/m1/s1. The van der Waals surface area contributed by atoms with E-state index in [-0.39, 0.29) is 29.9 Å². The molecule has 0 unspecified atom stereocenters. The number of halogens is 3. The van der Waals surface area contributed by atoms with Gasteiger partial charge in [-0.05, 0) is 72.9 Å². The Morgan fingerprint density at radius 3 is 2.30 bits per heavy atom. The first-order valence-electron chi connectivity index (χ1n) is 12.9. The highest BCUT2D eigenvalue weighted by Crippen LogP contribution is 2.41. The Hall–Kier alpha value is -3.16. The highest BCUT2D eigenvalue weighted by Gasteiger charge is 2.42. The van der Waals surface area contributed by atoms with Gasteiger partial charge < -0.3 is 11.1 Å². The molecule has 2 aliphatic heterocycles. The minimum atomic E-state index is -1.18. The first-order valence-corrected chi connectivity index (χ1v) is 12.9. The van der Waals surface area contributed by atoms with Crippen LogP contribution in [-0.2, 0) is 19.5 Å². The average Bonchev–Trinajstić information content (AvgIpc) is 3.12. The van der Waals surface area contributed by atoms with E-state index in [9.17, 15) is 18.0 Å². The zero-order valence-corrected chi connectivity index (χ0v) is 20.7. The number of rotatable bonds is 8. The molecule has 0 aromatic heterocycles. The number of benzene rings is 3. The first kappa shape index (κ1) is 25.5. The summed E-state index contributed by atoms with van der Waals surface area (Å²) < 4.78 is 41.1. The Kier molecular flexibility index (Phi) is 7.63. The van der Waals surface area contributed by atoms with Crippen LogP contribution >= 0.6 is 0 Å². The Morgan fingerprint density at radius 1 is 0.892 bits per heavy atom. The molecule has 1 amide bonds. The molecule has 3 aromatic rings. The van der Waals surface area contributed by atoms with E-state index in [4.69, 9.17) is 5.73 Å². The van der Waals surface area contributed by atoms with Gasteiger partial charge in [0, 0.05) is 42.8 Å². The van der Waals surface area contributed by atoms with Gasteiger partial charge >= 0.3 is 0 Å². The fraction of sp³-hybridized carbons (Fsp3) is 0.367. The summed E-state index contributed by atoms with van der Waals surface area (Å²) in [5.41, 5.74) is 9.51. The van der Waals surface area contributed by atoms with E-state index >= 15 is 0 Å². The lowest BCUT2D eigenvalue weighted by molar-refractivity contribution is 0.0859. The second-order valence-electron chi connectivity index (χ2n) is 10.4. The van der Waals surface area contributed by atoms with E-state index in [0.717, 1.165) is 43.9 Å². The van der Waals surface area contributed by atoms with E-state index in [1.54, 1.807) is 12.1 Å². The van der Waals surface area contributed by atoms with Gasteiger partial charge in [-0.2, -0.15) is 0 Å². The molecular formula is C30H32F3N3O. The number of nitrogens with two attached hydrogens (primary N) is 1. The predicted octanol–water partition coefficient (Wildman–Crippen LogP) is 5.35. The second-order valence-corrected chi connectivity index (χ2v) is 10.4.